The highest BCUT2D eigenvalue weighted by Gasteiger charge is 2.54. The van der Waals surface area contributed by atoms with Gasteiger partial charge in [-0.2, -0.15) is 0 Å². The maximum absolute atomic E-state index is 14.9. The molecular weight excluding hydrogens is 398 g/mol. The van der Waals surface area contributed by atoms with Crippen LogP contribution < -0.4 is 0 Å². The summed E-state index contributed by atoms with van der Waals surface area (Å²) in [6.45, 7) is 2.02. The minimum absolute atomic E-state index is 0.00770. The van der Waals surface area contributed by atoms with Gasteiger partial charge in [-0.05, 0) is 48.9 Å². The zero-order chi connectivity index (χ0) is 21.8. The molecule has 2 N–H and O–H groups in total. The first-order chi connectivity index (χ1) is 14.9. The highest BCUT2D eigenvalue weighted by molar-refractivity contribution is 5.86. The van der Waals surface area contributed by atoms with E-state index < -0.39 is 23.2 Å². The second kappa shape index (κ2) is 7.45. The smallest absolute Gasteiger partial charge is 0.224 e. The number of nitrogens with one attached hydrogen (secondary N) is 1. The number of fused-ring (bicyclic) bond motifs is 3. The van der Waals surface area contributed by atoms with E-state index in [0.717, 1.165) is 29.0 Å². The van der Waals surface area contributed by atoms with E-state index in [1.165, 1.54) is 12.1 Å². The Bertz CT molecular complexity index is 1140. The van der Waals surface area contributed by atoms with E-state index in [4.69, 9.17) is 0 Å². The molecule has 2 aromatic carbocycles. The number of H-pyrrole nitrogens is 1. The number of piperidine rings is 2. The van der Waals surface area contributed by atoms with Gasteiger partial charge in [0, 0.05) is 47.6 Å². The van der Waals surface area contributed by atoms with Crippen molar-refractivity contribution in [3.63, 3.8) is 0 Å². The maximum Gasteiger partial charge on any atom is 0.224 e. The summed E-state index contributed by atoms with van der Waals surface area (Å²) in [6.07, 6.45) is 4.49. The summed E-state index contributed by atoms with van der Waals surface area (Å²) in [5.74, 6) is -1.87. The highest BCUT2D eigenvalue weighted by atomic mass is 19.1. The third kappa shape index (κ3) is 3.43. The summed E-state index contributed by atoms with van der Waals surface area (Å²) >= 11 is 0. The molecule has 2 saturated heterocycles. The number of hydrogen-bond donors (Lipinski definition) is 2. The Kier molecular flexibility index (Phi) is 4.85. The van der Waals surface area contributed by atoms with Crippen molar-refractivity contribution in [2.45, 2.75) is 62.6 Å². The van der Waals surface area contributed by atoms with Crippen molar-refractivity contribution in [1.29, 1.82) is 0 Å². The van der Waals surface area contributed by atoms with E-state index in [1.54, 1.807) is 0 Å². The second-order valence-electron chi connectivity index (χ2n) is 9.07. The summed E-state index contributed by atoms with van der Waals surface area (Å²) in [6, 6.07) is 11.3. The quantitative estimate of drug-likeness (QED) is 0.614. The number of benzene rings is 2. The fourth-order valence-corrected chi connectivity index (χ4v) is 5.60. The van der Waals surface area contributed by atoms with Crippen LogP contribution in [0.1, 0.15) is 56.1 Å². The van der Waals surface area contributed by atoms with Crippen molar-refractivity contribution in [3.05, 3.63) is 71.4 Å². The van der Waals surface area contributed by atoms with Gasteiger partial charge in [-0.15, -0.1) is 0 Å². The fraction of sp³-hybridized carbons (Fsp3) is 0.400. The lowest BCUT2D eigenvalue weighted by Gasteiger charge is -2.58. The monoisotopic (exact) mass is 424 g/mol. The molecule has 31 heavy (non-hydrogen) atoms. The maximum atomic E-state index is 14.9. The van der Waals surface area contributed by atoms with Gasteiger partial charge < -0.3 is 15.0 Å². The van der Waals surface area contributed by atoms with Crippen LogP contribution in [-0.4, -0.2) is 38.6 Å². The Labute approximate surface area is 179 Å². The van der Waals surface area contributed by atoms with Crippen molar-refractivity contribution in [1.82, 2.24) is 9.88 Å². The summed E-state index contributed by atoms with van der Waals surface area (Å²) in [4.78, 5) is 18.7. The normalized spacial score (nSPS) is 26.0. The van der Waals surface area contributed by atoms with Crippen LogP contribution >= 0.6 is 0 Å². The summed E-state index contributed by atoms with van der Waals surface area (Å²) in [5.41, 5.74) is 1.41. The average molecular weight is 424 g/mol. The molecule has 2 bridgehead atoms. The molecule has 0 radical (unpaired) electrons. The van der Waals surface area contributed by atoms with Gasteiger partial charge >= 0.3 is 0 Å². The van der Waals surface area contributed by atoms with Crippen LogP contribution in [0.4, 0.5) is 8.78 Å². The number of carbonyl (C=O) groups excluding carboxylic acids is 1. The Morgan fingerprint density at radius 3 is 2.71 bits per heavy atom. The van der Waals surface area contributed by atoms with Crippen LogP contribution in [0.25, 0.3) is 10.9 Å². The number of aromatic amines is 1. The van der Waals surface area contributed by atoms with Gasteiger partial charge in [0.2, 0.25) is 5.91 Å². The Morgan fingerprint density at radius 1 is 1.19 bits per heavy atom. The molecule has 2 aliphatic heterocycles. The number of carbonyl (C=O) groups is 1. The van der Waals surface area contributed by atoms with Gasteiger partial charge in [-0.1, -0.05) is 31.2 Å². The molecule has 2 unspecified atom stereocenters. The first-order valence-corrected chi connectivity index (χ1v) is 10.9. The Hall–Kier alpha value is -2.73. The number of nitrogens with zero attached hydrogens (tertiary/aromatic N) is 1. The zero-order valence-corrected chi connectivity index (χ0v) is 17.4. The molecule has 162 valence electrons. The SMILES string of the molecule is CCC1CC2(O)CC(C2)N1C(=O)CC(c1ccc(F)cc1F)c1c[nH]c2ccccc12. The van der Waals surface area contributed by atoms with Crippen LogP contribution in [0.2, 0.25) is 0 Å². The number of hydrogen-bond acceptors (Lipinski definition) is 2. The molecule has 3 heterocycles. The number of aromatic nitrogens is 1. The van der Waals surface area contributed by atoms with Crippen molar-refractivity contribution in [2.24, 2.45) is 0 Å². The molecule has 0 spiro atoms. The standard InChI is InChI=1S/C25H26F2N2O2/c1-2-16-11-25(31)12-17(13-25)29(16)24(30)10-20(18-8-7-15(26)9-22(18)27)21-14-28-23-6-4-3-5-19(21)23/h3-9,14,16-17,20,28,31H,2,10-13H2,1H3. The van der Waals surface area contributed by atoms with E-state index in [1.807, 2.05) is 42.3 Å². The fourth-order valence-electron chi connectivity index (χ4n) is 5.60. The third-order valence-corrected chi connectivity index (χ3v) is 7.11. The molecule has 3 aromatic rings. The van der Waals surface area contributed by atoms with Gasteiger partial charge in [0.15, 0.2) is 0 Å². The molecule has 1 aromatic heterocycles. The number of aliphatic hydroxyl groups is 1. The molecule has 6 rings (SSSR count). The lowest BCUT2D eigenvalue weighted by Crippen LogP contribution is -2.67. The molecule has 1 amide bonds. The van der Waals surface area contributed by atoms with Gasteiger partial charge in [0.1, 0.15) is 11.6 Å². The van der Waals surface area contributed by atoms with Crippen molar-refractivity contribution >= 4 is 16.8 Å². The zero-order valence-electron chi connectivity index (χ0n) is 17.4. The van der Waals surface area contributed by atoms with Gasteiger partial charge in [0.25, 0.3) is 0 Å². The van der Waals surface area contributed by atoms with E-state index in [-0.39, 0.29) is 24.4 Å². The van der Waals surface area contributed by atoms with Crippen LogP contribution in [0.5, 0.6) is 0 Å². The molecule has 1 aliphatic carbocycles. The predicted molar refractivity (Wildman–Crippen MR) is 115 cm³/mol. The van der Waals surface area contributed by atoms with Gasteiger partial charge in [0.05, 0.1) is 5.60 Å². The van der Waals surface area contributed by atoms with E-state index in [2.05, 4.69) is 4.98 Å². The lowest BCUT2D eigenvalue weighted by atomic mass is 9.66. The number of para-hydroxylation sites is 1. The van der Waals surface area contributed by atoms with Gasteiger partial charge in [-0.25, -0.2) is 8.78 Å². The molecule has 4 nitrogen and oxygen atoms in total. The van der Waals surface area contributed by atoms with Crippen LogP contribution in [0.15, 0.2) is 48.7 Å². The third-order valence-electron chi connectivity index (χ3n) is 7.11. The molecular formula is C25H26F2N2O2. The van der Waals surface area contributed by atoms with Crippen LogP contribution in [0.3, 0.4) is 0 Å². The summed E-state index contributed by atoms with van der Waals surface area (Å²) in [5, 5.41) is 11.4. The first kappa shape index (κ1) is 20.2. The van der Waals surface area contributed by atoms with Crippen LogP contribution in [-0.2, 0) is 4.79 Å². The van der Waals surface area contributed by atoms with E-state index in [9.17, 15) is 18.7 Å². The van der Waals surface area contributed by atoms with Crippen molar-refractivity contribution < 1.29 is 18.7 Å². The molecule has 1 saturated carbocycles. The Morgan fingerprint density at radius 2 is 1.97 bits per heavy atom. The molecule has 3 fully saturated rings. The second-order valence-corrected chi connectivity index (χ2v) is 9.07. The first-order valence-electron chi connectivity index (χ1n) is 10.9. The number of rotatable bonds is 5. The molecule has 6 heteroatoms. The summed E-state index contributed by atoms with van der Waals surface area (Å²) in [7, 11) is 0. The van der Waals surface area contributed by atoms with E-state index >= 15 is 0 Å². The summed E-state index contributed by atoms with van der Waals surface area (Å²) < 4.78 is 28.5. The van der Waals surface area contributed by atoms with Crippen LogP contribution in [0, 0.1) is 11.6 Å². The van der Waals surface area contributed by atoms with Gasteiger partial charge in [-0.3, -0.25) is 4.79 Å². The molecule has 3 aliphatic rings. The lowest BCUT2D eigenvalue weighted by molar-refractivity contribution is -0.178. The largest absolute Gasteiger partial charge is 0.390 e. The minimum Gasteiger partial charge on any atom is -0.390 e. The number of halogens is 2. The van der Waals surface area contributed by atoms with E-state index in [0.29, 0.717) is 24.8 Å². The average Bonchev–Trinajstić information content (AvgIpc) is 3.15. The molecule has 2 atom stereocenters. The van der Waals surface area contributed by atoms with Crippen molar-refractivity contribution in [3.8, 4) is 0 Å². The highest BCUT2D eigenvalue weighted by Crippen LogP contribution is 2.48. The predicted octanol–water partition coefficient (Wildman–Crippen LogP) is 4.87. The Balaban J connectivity index is 1.52. The minimum atomic E-state index is -0.646. The number of amides is 1. The topological polar surface area (TPSA) is 56.3 Å². The van der Waals surface area contributed by atoms with Crippen molar-refractivity contribution in [2.75, 3.05) is 0 Å².